The fourth-order valence-corrected chi connectivity index (χ4v) is 1.42. The average Bonchev–Trinajstić information content (AvgIpc) is 2.17. The molecular formula is C11H9F2NO. The lowest BCUT2D eigenvalue weighted by Gasteiger charge is -2.09. The van der Waals surface area contributed by atoms with Gasteiger partial charge in [0, 0.05) is 11.1 Å². The SMILES string of the molecule is CC(=O)c1cccc(C(F)F)c1CC#N. The monoisotopic (exact) mass is 209 g/mol. The molecule has 0 amide bonds. The van der Waals surface area contributed by atoms with E-state index in [1.165, 1.54) is 25.1 Å². The summed E-state index contributed by atoms with van der Waals surface area (Å²) in [6.07, 6.45) is -2.83. The first-order chi connectivity index (χ1) is 7.07. The van der Waals surface area contributed by atoms with Crippen LogP contribution < -0.4 is 0 Å². The molecule has 0 unspecified atom stereocenters. The van der Waals surface area contributed by atoms with E-state index >= 15 is 0 Å². The fourth-order valence-electron chi connectivity index (χ4n) is 1.42. The third-order valence-corrected chi connectivity index (χ3v) is 2.08. The fraction of sp³-hybridized carbons (Fsp3) is 0.273. The molecule has 0 aliphatic heterocycles. The lowest BCUT2D eigenvalue weighted by Crippen LogP contribution is -2.03. The number of benzene rings is 1. The molecule has 0 aliphatic rings. The molecule has 0 saturated heterocycles. The molecule has 0 spiro atoms. The number of rotatable bonds is 3. The van der Waals surface area contributed by atoms with Crippen molar-refractivity contribution in [1.82, 2.24) is 0 Å². The molecule has 4 heteroatoms. The first-order valence-electron chi connectivity index (χ1n) is 4.35. The molecule has 0 bridgehead atoms. The summed E-state index contributed by atoms with van der Waals surface area (Å²) in [4.78, 5) is 11.2. The summed E-state index contributed by atoms with van der Waals surface area (Å²) in [6.45, 7) is 1.30. The number of hydrogen-bond donors (Lipinski definition) is 0. The molecule has 0 N–H and O–H groups in total. The molecule has 1 aromatic carbocycles. The van der Waals surface area contributed by atoms with Gasteiger partial charge in [-0.2, -0.15) is 5.26 Å². The van der Waals surface area contributed by atoms with Gasteiger partial charge in [-0.15, -0.1) is 0 Å². The highest BCUT2D eigenvalue weighted by molar-refractivity contribution is 5.96. The second-order valence-corrected chi connectivity index (χ2v) is 3.07. The second-order valence-electron chi connectivity index (χ2n) is 3.07. The van der Waals surface area contributed by atoms with Gasteiger partial charge in [-0.3, -0.25) is 4.79 Å². The lowest BCUT2D eigenvalue weighted by molar-refractivity contribution is 0.101. The van der Waals surface area contributed by atoms with Crippen molar-refractivity contribution < 1.29 is 13.6 Å². The van der Waals surface area contributed by atoms with Crippen LogP contribution >= 0.6 is 0 Å². The van der Waals surface area contributed by atoms with E-state index in [0.717, 1.165) is 0 Å². The summed E-state index contributed by atoms with van der Waals surface area (Å²) < 4.78 is 25.1. The van der Waals surface area contributed by atoms with E-state index in [-0.39, 0.29) is 28.9 Å². The Bertz CT molecular complexity index is 421. The minimum absolute atomic E-state index is 0.141. The first kappa shape index (κ1) is 11.3. The predicted octanol–water partition coefficient (Wildman–Crippen LogP) is 2.89. The van der Waals surface area contributed by atoms with Gasteiger partial charge in [0.05, 0.1) is 12.5 Å². The second kappa shape index (κ2) is 4.65. The molecule has 2 nitrogen and oxygen atoms in total. The smallest absolute Gasteiger partial charge is 0.264 e. The number of carbonyl (C=O) groups is 1. The largest absolute Gasteiger partial charge is 0.295 e. The molecule has 0 aromatic heterocycles. The van der Waals surface area contributed by atoms with Gasteiger partial charge < -0.3 is 0 Å². The lowest BCUT2D eigenvalue weighted by atomic mass is 9.96. The van der Waals surface area contributed by atoms with Crippen molar-refractivity contribution >= 4 is 5.78 Å². The van der Waals surface area contributed by atoms with Crippen LogP contribution in [0.1, 0.15) is 34.8 Å². The molecule has 15 heavy (non-hydrogen) atoms. The van der Waals surface area contributed by atoms with E-state index < -0.39 is 6.43 Å². The molecule has 78 valence electrons. The summed E-state index contributed by atoms with van der Waals surface area (Å²) in [5.74, 6) is -0.303. The molecule has 1 rings (SSSR count). The summed E-state index contributed by atoms with van der Waals surface area (Å²) in [5.41, 5.74) is 0.112. The minimum Gasteiger partial charge on any atom is -0.295 e. The third kappa shape index (κ3) is 2.38. The van der Waals surface area contributed by atoms with Gasteiger partial charge >= 0.3 is 0 Å². The molecule has 0 fully saturated rings. The molecule has 0 atom stereocenters. The Kier molecular flexibility index (Phi) is 3.51. The Morgan fingerprint density at radius 1 is 1.53 bits per heavy atom. The van der Waals surface area contributed by atoms with E-state index in [1.807, 2.05) is 0 Å². The van der Waals surface area contributed by atoms with Crippen molar-refractivity contribution in [3.8, 4) is 6.07 Å². The van der Waals surface area contributed by atoms with E-state index in [9.17, 15) is 13.6 Å². The topological polar surface area (TPSA) is 40.9 Å². The minimum atomic E-state index is -2.66. The van der Waals surface area contributed by atoms with Crippen molar-refractivity contribution in [3.05, 3.63) is 34.9 Å². The maximum absolute atomic E-state index is 12.6. The van der Waals surface area contributed by atoms with Crippen LogP contribution in [0.5, 0.6) is 0 Å². The third-order valence-electron chi connectivity index (χ3n) is 2.08. The highest BCUT2D eigenvalue weighted by Crippen LogP contribution is 2.26. The van der Waals surface area contributed by atoms with Crippen LogP contribution in [0, 0.1) is 11.3 Å². The van der Waals surface area contributed by atoms with Crippen LogP contribution in [0.2, 0.25) is 0 Å². The molecule has 1 aromatic rings. The Balaban J connectivity index is 3.36. The van der Waals surface area contributed by atoms with E-state index in [0.29, 0.717) is 0 Å². The maximum Gasteiger partial charge on any atom is 0.264 e. The number of alkyl halides is 2. The van der Waals surface area contributed by atoms with Crippen molar-refractivity contribution in [3.63, 3.8) is 0 Å². The van der Waals surface area contributed by atoms with Crippen molar-refractivity contribution in [2.24, 2.45) is 0 Å². The van der Waals surface area contributed by atoms with Crippen LogP contribution in [0.3, 0.4) is 0 Å². The van der Waals surface area contributed by atoms with Crippen LogP contribution in [-0.4, -0.2) is 5.78 Å². The van der Waals surface area contributed by atoms with Gasteiger partial charge in [-0.05, 0) is 12.5 Å². The van der Waals surface area contributed by atoms with Crippen molar-refractivity contribution in [2.45, 2.75) is 19.8 Å². The van der Waals surface area contributed by atoms with Crippen molar-refractivity contribution in [2.75, 3.05) is 0 Å². The molecule has 0 radical (unpaired) electrons. The van der Waals surface area contributed by atoms with E-state index in [4.69, 9.17) is 5.26 Å². The molecule has 0 aliphatic carbocycles. The molecule has 0 heterocycles. The predicted molar refractivity (Wildman–Crippen MR) is 50.7 cm³/mol. The van der Waals surface area contributed by atoms with Gasteiger partial charge in [0.1, 0.15) is 0 Å². The van der Waals surface area contributed by atoms with Crippen LogP contribution in [0.15, 0.2) is 18.2 Å². The number of halogens is 2. The maximum atomic E-state index is 12.6. The Labute approximate surface area is 86.1 Å². The number of hydrogen-bond acceptors (Lipinski definition) is 2. The number of Topliss-reactive ketones (excluding diaryl/α,β-unsaturated/α-hetero) is 1. The van der Waals surface area contributed by atoms with E-state index in [1.54, 1.807) is 6.07 Å². The highest BCUT2D eigenvalue weighted by atomic mass is 19.3. The Hall–Kier alpha value is -1.76. The van der Waals surface area contributed by atoms with Crippen LogP contribution in [0.4, 0.5) is 8.78 Å². The van der Waals surface area contributed by atoms with Gasteiger partial charge in [0.15, 0.2) is 5.78 Å². The number of nitrogens with zero attached hydrogens (tertiary/aromatic N) is 1. The van der Waals surface area contributed by atoms with Gasteiger partial charge in [0.2, 0.25) is 0 Å². The molecule has 0 saturated carbocycles. The summed E-state index contributed by atoms with van der Waals surface area (Å²) in [7, 11) is 0. The Morgan fingerprint density at radius 3 is 2.67 bits per heavy atom. The Morgan fingerprint density at radius 2 is 2.20 bits per heavy atom. The molecular weight excluding hydrogens is 200 g/mol. The van der Waals surface area contributed by atoms with Gasteiger partial charge in [-0.25, -0.2) is 8.78 Å². The number of ketones is 1. The van der Waals surface area contributed by atoms with Crippen LogP contribution in [-0.2, 0) is 6.42 Å². The summed E-state index contributed by atoms with van der Waals surface area (Å²) >= 11 is 0. The van der Waals surface area contributed by atoms with Crippen molar-refractivity contribution in [1.29, 1.82) is 5.26 Å². The summed E-state index contributed by atoms with van der Waals surface area (Å²) in [6, 6.07) is 5.89. The zero-order valence-corrected chi connectivity index (χ0v) is 8.13. The summed E-state index contributed by atoms with van der Waals surface area (Å²) in [5, 5.41) is 8.53. The highest BCUT2D eigenvalue weighted by Gasteiger charge is 2.17. The number of carbonyl (C=O) groups excluding carboxylic acids is 1. The van der Waals surface area contributed by atoms with Gasteiger partial charge in [-0.1, -0.05) is 18.2 Å². The van der Waals surface area contributed by atoms with Crippen LogP contribution in [0.25, 0.3) is 0 Å². The normalized spacial score (nSPS) is 10.1. The average molecular weight is 209 g/mol. The number of nitriles is 1. The quantitative estimate of drug-likeness (QED) is 0.718. The van der Waals surface area contributed by atoms with Gasteiger partial charge in [0.25, 0.3) is 6.43 Å². The zero-order valence-electron chi connectivity index (χ0n) is 8.13. The standard InChI is InChI=1S/C11H9F2NO/c1-7(15)8-3-2-4-10(11(12)13)9(8)5-6-14/h2-4,11H,5H2,1H3. The van der Waals surface area contributed by atoms with E-state index in [2.05, 4.69) is 0 Å². The first-order valence-corrected chi connectivity index (χ1v) is 4.35. The zero-order chi connectivity index (χ0) is 11.4.